The van der Waals surface area contributed by atoms with Crippen molar-refractivity contribution in [3.63, 3.8) is 0 Å². The molecule has 2 N–H and O–H groups in total. The molecule has 23 heavy (non-hydrogen) atoms. The molecule has 1 aromatic carbocycles. The number of anilines is 2. The third kappa shape index (κ3) is 3.12. The number of carbonyl (C=O) groups is 2. The molecule has 2 aromatic rings. The molecule has 0 bridgehead atoms. The first-order valence-corrected chi connectivity index (χ1v) is 7.44. The number of carbonyl (C=O) groups excluding carboxylic acids is 2. The van der Waals surface area contributed by atoms with Crippen molar-refractivity contribution in [3.05, 3.63) is 47.6 Å². The van der Waals surface area contributed by atoms with Crippen molar-refractivity contribution < 1.29 is 14.7 Å². The van der Waals surface area contributed by atoms with E-state index in [-0.39, 0.29) is 36.3 Å². The summed E-state index contributed by atoms with van der Waals surface area (Å²) in [6.07, 6.45) is 1.55. The van der Waals surface area contributed by atoms with Crippen molar-refractivity contribution in [1.29, 1.82) is 0 Å². The van der Waals surface area contributed by atoms with Gasteiger partial charge in [-0.05, 0) is 24.3 Å². The van der Waals surface area contributed by atoms with Crippen molar-refractivity contribution in [2.45, 2.75) is 6.42 Å². The van der Waals surface area contributed by atoms with Gasteiger partial charge in [0, 0.05) is 19.2 Å². The van der Waals surface area contributed by atoms with Crippen molar-refractivity contribution in [3.8, 4) is 5.75 Å². The van der Waals surface area contributed by atoms with Gasteiger partial charge in [-0.1, -0.05) is 23.7 Å². The zero-order valence-corrected chi connectivity index (χ0v) is 12.8. The van der Waals surface area contributed by atoms with Crippen LogP contribution in [0.3, 0.4) is 0 Å². The first-order chi connectivity index (χ1) is 11.1. The third-order valence-electron chi connectivity index (χ3n) is 3.67. The van der Waals surface area contributed by atoms with Crippen LogP contribution in [0.5, 0.6) is 5.75 Å². The average molecular weight is 332 g/mol. The third-order valence-corrected chi connectivity index (χ3v) is 3.99. The van der Waals surface area contributed by atoms with E-state index in [1.165, 1.54) is 17.2 Å². The van der Waals surface area contributed by atoms with Gasteiger partial charge >= 0.3 is 0 Å². The topological polar surface area (TPSA) is 82.5 Å². The summed E-state index contributed by atoms with van der Waals surface area (Å²) in [6, 6.07) is 9.99. The number of nitrogens with zero attached hydrogens (tertiary/aromatic N) is 2. The summed E-state index contributed by atoms with van der Waals surface area (Å²) in [5.74, 6) is -1.08. The first-order valence-electron chi connectivity index (χ1n) is 7.06. The Morgan fingerprint density at radius 3 is 2.83 bits per heavy atom. The van der Waals surface area contributed by atoms with Gasteiger partial charge in [0.1, 0.15) is 0 Å². The fourth-order valence-electron chi connectivity index (χ4n) is 2.50. The minimum Gasteiger partial charge on any atom is -0.504 e. The highest BCUT2D eigenvalue weighted by Crippen LogP contribution is 2.31. The lowest BCUT2D eigenvalue weighted by Gasteiger charge is -2.18. The number of para-hydroxylation sites is 1. The van der Waals surface area contributed by atoms with Crippen molar-refractivity contribution >= 4 is 34.9 Å². The number of benzene rings is 1. The Labute approximate surface area is 137 Å². The molecule has 6 nitrogen and oxygen atoms in total. The number of pyridine rings is 1. The van der Waals surface area contributed by atoms with Crippen LogP contribution in [0.4, 0.5) is 11.5 Å². The number of nitrogens with one attached hydrogen (secondary N) is 1. The van der Waals surface area contributed by atoms with E-state index in [9.17, 15) is 14.7 Å². The van der Waals surface area contributed by atoms with Crippen LogP contribution in [0.1, 0.15) is 6.42 Å². The highest BCUT2D eigenvalue weighted by Gasteiger charge is 2.36. The first kappa shape index (κ1) is 15.3. The van der Waals surface area contributed by atoms with Gasteiger partial charge in [0.2, 0.25) is 11.8 Å². The summed E-state index contributed by atoms with van der Waals surface area (Å²) >= 11 is 6.11. The predicted molar refractivity (Wildman–Crippen MR) is 86.4 cm³/mol. The van der Waals surface area contributed by atoms with Gasteiger partial charge < -0.3 is 15.3 Å². The summed E-state index contributed by atoms with van der Waals surface area (Å²) in [5, 5.41) is 12.7. The second kappa shape index (κ2) is 6.26. The Kier molecular flexibility index (Phi) is 4.16. The largest absolute Gasteiger partial charge is 0.504 e. The van der Waals surface area contributed by atoms with E-state index in [4.69, 9.17) is 11.6 Å². The maximum Gasteiger partial charge on any atom is 0.231 e. The lowest BCUT2D eigenvalue weighted by molar-refractivity contribution is -0.122. The molecule has 1 atom stereocenters. The molecular formula is C16H14ClN3O3. The quantitative estimate of drug-likeness (QED) is 0.905. The molecule has 0 spiro atoms. The second-order valence-electron chi connectivity index (χ2n) is 5.22. The summed E-state index contributed by atoms with van der Waals surface area (Å²) in [4.78, 5) is 29.9. The van der Waals surface area contributed by atoms with Crippen LogP contribution in [-0.4, -0.2) is 28.4 Å². The molecule has 0 saturated carbocycles. The van der Waals surface area contributed by atoms with E-state index in [2.05, 4.69) is 10.3 Å². The molecule has 2 amide bonds. The van der Waals surface area contributed by atoms with Gasteiger partial charge in [-0.15, -0.1) is 0 Å². The van der Waals surface area contributed by atoms with Crippen molar-refractivity contribution in [2.75, 3.05) is 16.8 Å². The normalized spacial score (nSPS) is 17.3. The Morgan fingerprint density at radius 2 is 2.09 bits per heavy atom. The standard InChI is InChI=1S/C16H14ClN3O3/c17-11-4-1-2-5-12(11)20-9-10(8-14(20)22)16(23)19-15-13(21)6-3-7-18-15/h1-7,10,21H,8-9H2,(H,18,19,23)/t10-/m1/s1. The van der Waals surface area contributed by atoms with E-state index in [1.54, 1.807) is 30.3 Å². The molecule has 0 radical (unpaired) electrons. The van der Waals surface area contributed by atoms with Gasteiger partial charge in [-0.2, -0.15) is 0 Å². The monoisotopic (exact) mass is 331 g/mol. The van der Waals surface area contributed by atoms with E-state index in [0.717, 1.165) is 0 Å². The Morgan fingerprint density at radius 1 is 1.30 bits per heavy atom. The fourth-order valence-corrected chi connectivity index (χ4v) is 2.74. The van der Waals surface area contributed by atoms with E-state index in [1.807, 2.05) is 0 Å². The summed E-state index contributed by atoms with van der Waals surface area (Å²) in [7, 11) is 0. The molecule has 0 unspecified atom stereocenters. The predicted octanol–water partition coefficient (Wildman–Crippen LogP) is 2.43. The number of aromatic hydroxyl groups is 1. The van der Waals surface area contributed by atoms with Crippen LogP contribution in [0.25, 0.3) is 0 Å². The van der Waals surface area contributed by atoms with Crippen LogP contribution in [0, 0.1) is 5.92 Å². The average Bonchev–Trinajstić information content (AvgIpc) is 2.92. The van der Waals surface area contributed by atoms with Crippen LogP contribution in [0.2, 0.25) is 5.02 Å². The molecule has 1 aromatic heterocycles. The van der Waals surface area contributed by atoms with Crippen LogP contribution >= 0.6 is 11.6 Å². The van der Waals surface area contributed by atoms with Gasteiger partial charge in [0.15, 0.2) is 11.6 Å². The van der Waals surface area contributed by atoms with Gasteiger partial charge in [-0.3, -0.25) is 9.59 Å². The maximum atomic E-state index is 12.3. The molecule has 0 aliphatic carbocycles. The fraction of sp³-hybridized carbons (Fsp3) is 0.188. The lowest BCUT2D eigenvalue weighted by Crippen LogP contribution is -2.28. The van der Waals surface area contributed by atoms with Gasteiger partial charge in [-0.25, -0.2) is 4.98 Å². The SMILES string of the molecule is O=C(Nc1ncccc1O)[C@@H]1CC(=O)N(c2ccccc2Cl)C1. The summed E-state index contributed by atoms with van der Waals surface area (Å²) < 4.78 is 0. The highest BCUT2D eigenvalue weighted by atomic mass is 35.5. The highest BCUT2D eigenvalue weighted by molar-refractivity contribution is 6.33. The van der Waals surface area contributed by atoms with Gasteiger partial charge in [0.25, 0.3) is 0 Å². The molecule has 118 valence electrons. The number of hydrogen-bond acceptors (Lipinski definition) is 4. The number of halogens is 1. The molecule has 7 heteroatoms. The lowest BCUT2D eigenvalue weighted by atomic mass is 10.1. The molecule has 1 aliphatic heterocycles. The summed E-state index contributed by atoms with van der Waals surface area (Å²) in [6.45, 7) is 0.238. The number of aromatic nitrogens is 1. The number of hydrogen-bond donors (Lipinski definition) is 2. The van der Waals surface area contributed by atoms with Crippen molar-refractivity contribution in [2.24, 2.45) is 5.92 Å². The Hall–Kier alpha value is -2.60. The van der Waals surface area contributed by atoms with Crippen LogP contribution in [-0.2, 0) is 9.59 Å². The molecule has 3 rings (SSSR count). The smallest absolute Gasteiger partial charge is 0.231 e. The van der Waals surface area contributed by atoms with E-state index in [0.29, 0.717) is 10.7 Å². The molecule has 1 fully saturated rings. The molecular weight excluding hydrogens is 318 g/mol. The van der Waals surface area contributed by atoms with E-state index < -0.39 is 5.92 Å². The number of rotatable bonds is 3. The van der Waals surface area contributed by atoms with Crippen molar-refractivity contribution in [1.82, 2.24) is 4.98 Å². The molecule has 1 saturated heterocycles. The molecule has 2 heterocycles. The van der Waals surface area contributed by atoms with E-state index >= 15 is 0 Å². The number of amides is 2. The van der Waals surface area contributed by atoms with Crippen LogP contribution < -0.4 is 10.2 Å². The Balaban J connectivity index is 1.74. The second-order valence-corrected chi connectivity index (χ2v) is 5.62. The minimum atomic E-state index is -0.528. The maximum absolute atomic E-state index is 12.3. The zero-order valence-electron chi connectivity index (χ0n) is 12.1. The zero-order chi connectivity index (χ0) is 16.4. The molecule has 1 aliphatic rings. The summed E-state index contributed by atoms with van der Waals surface area (Å²) in [5.41, 5.74) is 0.593. The van der Waals surface area contributed by atoms with Crippen LogP contribution in [0.15, 0.2) is 42.6 Å². The van der Waals surface area contributed by atoms with Gasteiger partial charge in [0.05, 0.1) is 16.6 Å². The Bertz CT molecular complexity index is 766. The minimum absolute atomic E-state index is 0.0844.